The maximum atomic E-state index is 13.6. The number of nitrogens with one attached hydrogen (secondary N) is 1. The molecule has 154 valence electrons. The molecule has 0 bridgehead atoms. The van der Waals surface area contributed by atoms with Crippen molar-refractivity contribution in [3.8, 4) is 17.2 Å². The lowest BCUT2D eigenvalue weighted by Crippen LogP contribution is -2.09. The predicted octanol–water partition coefficient (Wildman–Crippen LogP) is 4.74. The SMILES string of the molecule is FC(F)(F)c1nc2ccccn2c1-c1nccc(Nc2ccc(-n3cccn3)cc2)n1. The van der Waals surface area contributed by atoms with Crippen LogP contribution in [0.1, 0.15) is 5.69 Å². The first-order valence-electron chi connectivity index (χ1n) is 9.24. The highest BCUT2D eigenvalue weighted by Crippen LogP contribution is 2.36. The number of fused-ring (bicyclic) bond motifs is 1. The Balaban J connectivity index is 1.50. The molecule has 0 amide bonds. The summed E-state index contributed by atoms with van der Waals surface area (Å²) in [6.45, 7) is 0. The average Bonchev–Trinajstić information content (AvgIpc) is 3.42. The van der Waals surface area contributed by atoms with Crippen LogP contribution in [0.15, 0.2) is 79.4 Å². The van der Waals surface area contributed by atoms with E-state index in [1.165, 1.54) is 22.9 Å². The molecule has 0 fully saturated rings. The molecular weight excluding hydrogens is 407 g/mol. The minimum absolute atomic E-state index is 0.0795. The zero-order chi connectivity index (χ0) is 21.4. The van der Waals surface area contributed by atoms with E-state index in [-0.39, 0.29) is 17.2 Å². The topological polar surface area (TPSA) is 72.9 Å². The molecule has 5 aromatic rings. The van der Waals surface area contributed by atoms with Gasteiger partial charge in [-0.1, -0.05) is 6.07 Å². The van der Waals surface area contributed by atoms with Crippen molar-refractivity contribution in [1.82, 2.24) is 29.1 Å². The number of anilines is 2. The Morgan fingerprint density at radius 3 is 2.42 bits per heavy atom. The third kappa shape index (κ3) is 3.59. The smallest absolute Gasteiger partial charge is 0.340 e. The first-order valence-corrected chi connectivity index (χ1v) is 9.24. The molecule has 7 nitrogen and oxygen atoms in total. The highest BCUT2D eigenvalue weighted by molar-refractivity contribution is 5.65. The number of pyridine rings is 1. The number of nitrogens with zero attached hydrogens (tertiary/aromatic N) is 6. The van der Waals surface area contributed by atoms with E-state index in [2.05, 4.69) is 25.4 Å². The Morgan fingerprint density at radius 1 is 0.839 bits per heavy atom. The molecular formula is C21H14F3N7. The van der Waals surface area contributed by atoms with Gasteiger partial charge in [0.25, 0.3) is 0 Å². The van der Waals surface area contributed by atoms with Crippen LogP contribution in [0.2, 0.25) is 0 Å². The molecule has 5 rings (SSSR count). The molecule has 4 aromatic heterocycles. The van der Waals surface area contributed by atoms with E-state index in [1.807, 2.05) is 36.5 Å². The summed E-state index contributed by atoms with van der Waals surface area (Å²) in [6, 6.07) is 15.5. The van der Waals surface area contributed by atoms with Gasteiger partial charge in [0.1, 0.15) is 17.2 Å². The number of hydrogen-bond donors (Lipinski definition) is 1. The lowest BCUT2D eigenvalue weighted by Gasteiger charge is -2.10. The number of benzene rings is 1. The third-order valence-electron chi connectivity index (χ3n) is 4.57. The Morgan fingerprint density at radius 2 is 1.68 bits per heavy atom. The highest BCUT2D eigenvalue weighted by Gasteiger charge is 2.39. The van der Waals surface area contributed by atoms with Crippen molar-refractivity contribution in [2.24, 2.45) is 0 Å². The highest BCUT2D eigenvalue weighted by atomic mass is 19.4. The van der Waals surface area contributed by atoms with Gasteiger partial charge in [0.2, 0.25) is 0 Å². The summed E-state index contributed by atoms with van der Waals surface area (Å²) in [7, 11) is 0. The quantitative estimate of drug-likeness (QED) is 0.454. The number of hydrogen-bond acceptors (Lipinski definition) is 5. The van der Waals surface area contributed by atoms with Gasteiger partial charge in [-0.2, -0.15) is 18.3 Å². The lowest BCUT2D eigenvalue weighted by atomic mass is 10.2. The van der Waals surface area contributed by atoms with Gasteiger partial charge in [-0.3, -0.25) is 4.40 Å². The van der Waals surface area contributed by atoms with Crippen LogP contribution in [0.25, 0.3) is 22.9 Å². The van der Waals surface area contributed by atoms with Crippen molar-refractivity contribution in [2.45, 2.75) is 6.18 Å². The molecule has 0 spiro atoms. The summed E-state index contributed by atoms with van der Waals surface area (Å²) in [5, 5.41) is 7.26. The molecule has 0 unspecified atom stereocenters. The third-order valence-corrected chi connectivity index (χ3v) is 4.57. The van der Waals surface area contributed by atoms with E-state index in [1.54, 1.807) is 29.1 Å². The molecule has 4 heterocycles. The van der Waals surface area contributed by atoms with Crippen LogP contribution >= 0.6 is 0 Å². The van der Waals surface area contributed by atoms with E-state index < -0.39 is 11.9 Å². The normalized spacial score (nSPS) is 11.7. The second kappa shape index (κ2) is 7.24. The standard InChI is InChI=1S/C21H14F3N7/c22-21(23,24)19-18(30-12-2-1-4-17(30)29-19)20-25-11-9-16(28-20)27-14-5-7-15(8-6-14)31-13-3-10-26-31/h1-13H,(H,25,27,28). The number of halogens is 3. The molecule has 0 saturated carbocycles. The van der Waals surface area contributed by atoms with Crippen molar-refractivity contribution in [2.75, 3.05) is 5.32 Å². The minimum atomic E-state index is -4.64. The van der Waals surface area contributed by atoms with Gasteiger partial charge in [0.15, 0.2) is 11.5 Å². The molecule has 31 heavy (non-hydrogen) atoms. The first kappa shape index (κ1) is 18.8. The maximum Gasteiger partial charge on any atom is 0.435 e. The van der Waals surface area contributed by atoms with Crippen LogP contribution in [0.5, 0.6) is 0 Å². The fraction of sp³-hybridized carbons (Fsp3) is 0.0476. The van der Waals surface area contributed by atoms with Gasteiger partial charge in [-0.05, 0) is 48.5 Å². The van der Waals surface area contributed by atoms with Crippen LogP contribution in [0.3, 0.4) is 0 Å². The van der Waals surface area contributed by atoms with E-state index in [0.29, 0.717) is 5.82 Å². The summed E-state index contributed by atoms with van der Waals surface area (Å²) in [4.78, 5) is 12.1. The molecule has 10 heteroatoms. The number of alkyl halides is 3. The van der Waals surface area contributed by atoms with Gasteiger partial charge in [-0.25, -0.2) is 19.6 Å². The average molecular weight is 421 g/mol. The lowest BCUT2D eigenvalue weighted by molar-refractivity contribution is -0.140. The number of aromatic nitrogens is 6. The Bertz CT molecular complexity index is 1340. The van der Waals surface area contributed by atoms with E-state index >= 15 is 0 Å². The van der Waals surface area contributed by atoms with Crippen LogP contribution in [0.4, 0.5) is 24.7 Å². The predicted molar refractivity (Wildman–Crippen MR) is 108 cm³/mol. The molecule has 0 aliphatic heterocycles. The summed E-state index contributed by atoms with van der Waals surface area (Å²) in [6.07, 6.45) is 1.78. The minimum Gasteiger partial charge on any atom is -0.340 e. The zero-order valence-corrected chi connectivity index (χ0v) is 15.8. The second-order valence-corrected chi connectivity index (χ2v) is 6.62. The Hall–Kier alpha value is -4.21. The molecule has 1 N–H and O–H groups in total. The van der Waals surface area contributed by atoms with Gasteiger partial charge in [0.05, 0.1) is 5.69 Å². The Kier molecular flexibility index (Phi) is 4.39. The molecule has 0 aliphatic rings. The monoisotopic (exact) mass is 421 g/mol. The number of imidazole rings is 1. The largest absolute Gasteiger partial charge is 0.435 e. The summed E-state index contributed by atoms with van der Waals surface area (Å²) < 4.78 is 43.9. The van der Waals surface area contributed by atoms with Crippen molar-refractivity contribution < 1.29 is 13.2 Å². The number of rotatable bonds is 4. The summed E-state index contributed by atoms with van der Waals surface area (Å²) in [5.74, 6) is 0.278. The van der Waals surface area contributed by atoms with E-state index in [9.17, 15) is 13.2 Å². The van der Waals surface area contributed by atoms with Crippen LogP contribution in [-0.4, -0.2) is 29.1 Å². The zero-order valence-electron chi connectivity index (χ0n) is 15.8. The van der Waals surface area contributed by atoms with Gasteiger partial charge in [0, 0.05) is 30.5 Å². The Labute approximate surface area is 173 Å². The van der Waals surface area contributed by atoms with Crippen molar-refractivity contribution in [3.05, 3.63) is 85.1 Å². The molecule has 0 atom stereocenters. The molecule has 0 saturated heterocycles. The van der Waals surface area contributed by atoms with Gasteiger partial charge < -0.3 is 5.32 Å². The first-order chi connectivity index (χ1) is 15.0. The second-order valence-electron chi connectivity index (χ2n) is 6.62. The van der Waals surface area contributed by atoms with Crippen LogP contribution in [-0.2, 0) is 6.18 Å². The van der Waals surface area contributed by atoms with Gasteiger partial charge >= 0.3 is 6.18 Å². The molecule has 1 aromatic carbocycles. The van der Waals surface area contributed by atoms with E-state index in [4.69, 9.17) is 0 Å². The fourth-order valence-corrected chi connectivity index (χ4v) is 3.22. The fourth-order valence-electron chi connectivity index (χ4n) is 3.22. The summed E-state index contributed by atoms with van der Waals surface area (Å²) >= 11 is 0. The van der Waals surface area contributed by atoms with Crippen molar-refractivity contribution in [1.29, 1.82) is 0 Å². The van der Waals surface area contributed by atoms with E-state index in [0.717, 1.165) is 11.4 Å². The molecule has 0 radical (unpaired) electrons. The summed E-state index contributed by atoms with van der Waals surface area (Å²) in [5.41, 5.74) is 0.524. The van der Waals surface area contributed by atoms with Crippen molar-refractivity contribution in [3.63, 3.8) is 0 Å². The maximum absolute atomic E-state index is 13.6. The van der Waals surface area contributed by atoms with Crippen LogP contribution in [0, 0.1) is 0 Å². The van der Waals surface area contributed by atoms with Crippen molar-refractivity contribution >= 4 is 17.2 Å². The van der Waals surface area contributed by atoms with Gasteiger partial charge in [-0.15, -0.1) is 0 Å². The molecule has 0 aliphatic carbocycles. The van der Waals surface area contributed by atoms with Crippen LogP contribution < -0.4 is 5.32 Å².